The molecule has 90 valence electrons. The van der Waals surface area contributed by atoms with Crippen LogP contribution in [0.3, 0.4) is 0 Å². The number of nitrogens with two attached hydrogens (primary N) is 1. The van der Waals surface area contributed by atoms with Crippen LogP contribution in [-0.4, -0.2) is 21.0 Å². The standard InChI is InChI=1S/C10H15FN2O2S/c1-8(12)6-7-13-16(14,15)10-5-3-2-4-9(10)11/h2-5,8,13H,6-7,12H2,1H3. The van der Waals surface area contributed by atoms with E-state index in [1.54, 1.807) is 6.92 Å². The molecular formula is C10H15FN2O2S. The Bertz CT molecular complexity index is 446. The van der Waals surface area contributed by atoms with Crippen molar-refractivity contribution in [3.05, 3.63) is 30.1 Å². The summed E-state index contributed by atoms with van der Waals surface area (Å²) in [6.07, 6.45) is 0.508. The Kier molecular flexibility index (Phi) is 4.40. The van der Waals surface area contributed by atoms with Gasteiger partial charge in [0.1, 0.15) is 10.7 Å². The molecule has 0 saturated heterocycles. The minimum absolute atomic E-state index is 0.0941. The van der Waals surface area contributed by atoms with Gasteiger partial charge in [0.05, 0.1) is 0 Å². The fourth-order valence-electron chi connectivity index (χ4n) is 1.16. The summed E-state index contributed by atoms with van der Waals surface area (Å²) in [6, 6.07) is 5.16. The summed E-state index contributed by atoms with van der Waals surface area (Å²) in [6.45, 7) is 1.98. The van der Waals surface area contributed by atoms with E-state index in [1.165, 1.54) is 18.2 Å². The highest BCUT2D eigenvalue weighted by atomic mass is 32.2. The van der Waals surface area contributed by atoms with E-state index in [2.05, 4.69) is 4.72 Å². The van der Waals surface area contributed by atoms with Crippen LogP contribution in [0.15, 0.2) is 29.2 Å². The Labute approximate surface area is 94.7 Å². The molecule has 6 heteroatoms. The molecule has 0 aromatic heterocycles. The lowest BCUT2D eigenvalue weighted by molar-refractivity contribution is 0.551. The molecule has 0 spiro atoms. The first-order valence-electron chi connectivity index (χ1n) is 4.93. The maximum Gasteiger partial charge on any atom is 0.243 e. The second-order valence-corrected chi connectivity index (χ2v) is 5.33. The molecule has 0 amide bonds. The Morgan fingerprint density at radius 2 is 2.06 bits per heavy atom. The van der Waals surface area contributed by atoms with Crippen molar-refractivity contribution in [2.75, 3.05) is 6.54 Å². The maximum absolute atomic E-state index is 13.2. The lowest BCUT2D eigenvalue weighted by atomic mass is 10.3. The number of halogens is 1. The summed E-state index contributed by atoms with van der Waals surface area (Å²) in [4.78, 5) is -0.334. The fourth-order valence-corrected chi connectivity index (χ4v) is 2.29. The number of hydrogen-bond acceptors (Lipinski definition) is 3. The van der Waals surface area contributed by atoms with Crippen LogP contribution >= 0.6 is 0 Å². The molecule has 0 heterocycles. The Balaban J connectivity index is 2.75. The highest BCUT2D eigenvalue weighted by Crippen LogP contribution is 2.12. The second kappa shape index (κ2) is 5.38. The molecule has 1 unspecified atom stereocenters. The minimum Gasteiger partial charge on any atom is -0.328 e. The predicted octanol–water partition coefficient (Wildman–Crippen LogP) is 0.841. The van der Waals surface area contributed by atoms with Gasteiger partial charge < -0.3 is 5.73 Å². The molecule has 0 bridgehead atoms. The van der Waals surface area contributed by atoms with Crippen molar-refractivity contribution in [1.82, 2.24) is 4.72 Å². The first-order valence-corrected chi connectivity index (χ1v) is 6.41. The lowest BCUT2D eigenvalue weighted by Crippen LogP contribution is -2.29. The van der Waals surface area contributed by atoms with Gasteiger partial charge in [-0.25, -0.2) is 17.5 Å². The summed E-state index contributed by atoms with van der Waals surface area (Å²) >= 11 is 0. The summed E-state index contributed by atoms with van der Waals surface area (Å²) < 4.78 is 38.8. The van der Waals surface area contributed by atoms with Crippen molar-refractivity contribution >= 4 is 10.0 Å². The van der Waals surface area contributed by atoms with E-state index in [-0.39, 0.29) is 17.5 Å². The number of sulfonamides is 1. The minimum atomic E-state index is -3.77. The molecule has 0 aliphatic carbocycles. The lowest BCUT2D eigenvalue weighted by Gasteiger charge is -2.08. The molecule has 16 heavy (non-hydrogen) atoms. The van der Waals surface area contributed by atoms with Crippen molar-refractivity contribution < 1.29 is 12.8 Å². The average molecular weight is 246 g/mol. The van der Waals surface area contributed by atoms with Gasteiger partial charge in [-0.1, -0.05) is 12.1 Å². The molecule has 0 saturated carbocycles. The van der Waals surface area contributed by atoms with E-state index in [0.717, 1.165) is 6.07 Å². The van der Waals surface area contributed by atoms with E-state index < -0.39 is 15.8 Å². The molecular weight excluding hydrogens is 231 g/mol. The molecule has 1 atom stereocenters. The molecule has 1 aromatic carbocycles. The first-order chi connectivity index (χ1) is 7.43. The van der Waals surface area contributed by atoms with Gasteiger partial charge >= 0.3 is 0 Å². The summed E-state index contributed by atoms with van der Waals surface area (Å²) in [5.41, 5.74) is 5.48. The Morgan fingerprint density at radius 1 is 1.44 bits per heavy atom. The van der Waals surface area contributed by atoms with E-state index in [4.69, 9.17) is 5.73 Å². The second-order valence-electron chi connectivity index (χ2n) is 3.59. The van der Waals surface area contributed by atoms with Crippen LogP contribution in [0.25, 0.3) is 0 Å². The van der Waals surface area contributed by atoms with E-state index in [1.807, 2.05) is 0 Å². The van der Waals surface area contributed by atoms with Gasteiger partial charge in [-0.05, 0) is 25.5 Å². The van der Waals surface area contributed by atoms with Crippen LogP contribution in [-0.2, 0) is 10.0 Å². The third-order valence-electron chi connectivity index (χ3n) is 2.02. The van der Waals surface area contributed by atoms with Gasteiger partial charge in [0.15, 0.2) is 0 Å². The predicted molar refractivity (Wildman–Crippen MR) is 59.9 cm³/mol. The molecule has 3 N–H and O–H groups in total. The first kappa shape index (κ1) is 13.1. The molecule has 1 aromatic rings. The average Bonchev–Trinajstić information content (AvgIpc) is 2.17. The van der Waals surface area contributed by atoms with Crippen molar-refractivity contribution in [3.8, 4) is 0 Å². The molecule has 0 radical (unpaired) electrons. The van der Waals surface area contributed by atoms with Crippen molar-refractivity contribution in [2.24, 2.45) is 5.73 Å². The molecule has 1 rings (SSSR count). The highest BCUT2D eigenvalue weighted by Gasteiger charge is 2.17. The van der Waals surface area contributed by atoms with Gasteiger partial charge in [0.25, 0.3) is 0 Å². The van der Waals surface area contributed by atoms with E-state index in [0.29, 0.717) is 6.42 Å². The SMILES string of the molecule is CC(N)CCNS(=O)(=O)c1ccccc1F. The Morgan fingerprint density at radius 3 is 2.62 bits per heavy atom. The number of rotatable bonds is 5. The van der Waals surface area contributed by atoms with Crippen LogP contribution in [0, 0.1) is 5.82 Å². The number of benzene rings is 1. The zero-order valence-corrected chi connectivity index (χ0v) is 9.80. The zero-order valence-electron chi connectivity index (χ0n) is 8.98. The number of hydrogen-bond donors (Lipinski definition) is 2. The zero-order chi connectivity index (χ0) is 12.2. The monoisotopic (exact) mass is 246 g/mol. The summed E-state index contributed by atoms with van der Waals surface area (Å²) in [5, 5.41) is 0. The van der Waals surface area contributed by atoms with Crippen molar-refractivity contribution in [2.45, 2.75) is 24.3 Å². The topological polar surface area (TPSA) is 72.2 Å². The molecule has 0 aliphatic rings. The van der Waals surface area contributed by atoms with Gasteiger partial charge in [-0.3, -0.25) is 0 Å². The van der Waals surface area contributed by atoms with Crippen molar-refractivity contribution in [3.63, 3.8) is 0 Å². The largest absolute Gasteiger partial charge is 0.328 e. The molecule has 4 nitrogen and oxygen atoms in total. The van der Waals surface area contributed by atoms with Crippen LogP contribution < -0.4 is 10.5 Å². The quantitative estimate of drug-likeness (QED) is 0.808. The van der Waals surface area contributed by atoms with E-state index >= 15 is 0 Å². The third kappa shape index (κ3) is 3.55. The summed E-state index contributed by atoms with van der Waals surface area (Å²) in [7, 11) is -3.77. The smallest absolute Gasteiger partial charge is 0.243 e. The van der Waals surface area contributed by atoms with Crippen LogP contribution in [0.2, 0.25) is 0 Å². The molecule has 0 aliphatic heterocycles. The van der Waals surface area contributed by atoms with Gasteiger partial charge in [-0.2, -0.15) is 0 Å². The van der Waals surface area contributed by atoms with Gasteiger partial charge in [0.2, 0.25) is 10.0 Å². The highest BCUT2D eigenvalue weighted by molar-refractivity contribution is 7.89. The van der Waals surface area contributed by atoms with Crippen LogP contribution in [0.1, 0.15) is 13.3 Å². The summed E-state index contributed by atoms with van der Waals surface area (Å²) in [5.74, 6) is -0.754. The number of nitrogens with one attached hydrogen (secondary N) is 1. The van der Waals surface area contributed by atoms with Crippen LogP contribution in [0.4, 0.5) is 4.39 Å². The van der Waals surface area contributed by atoms with E-state index in [9.17, 15) is 12.8 Å². The van der Waals surface area contributed by atoms with Gasteiger partial charge in [0, 0.05) is 12.6 Å². The van der Waals surface area contributed by atoms with Crippen LogP contribution in [0.5, 0.6) is 0 Å². The molecule has 0 fully saturated rings. The van der Waals surface area contributed by atoms with Crippen molar-refractivity contribution in [1.29, 1.82) is 0 Å². The normalized spacial score (nSPS) is 13.7. The Hall–Kier alpha value is -0.980. The fraction of sp³-hybridized carbons (Fsp3) is 0.400. The van der Waals surface area contributed by atoms with Gasteiger partial charge in [-0.15, -0.1) is 0 Å². The maximum atomic E-state index is 13.2. The third-order valence-corrected chi connectivity index (χ3v) is 3.51.